The fourth-order valence-corrected chi connectivity index (χ4v) is 8.92. The molecular formula is C44H34O3. The first-order valence-corrected chi connectivity index (χ1v) is 16.4. The predicted molar refractivity (Wildman–Crippen MR) is 185 cm³/mol. The second-order valence-corrected chi connectivity index (χ2v) is 13.4. The molecule has 6 aromatic carbocycles. The number of carbonyl (C=O) groups excluding carboxylic acids is 1. The smallest absolute Gasteiger partial charge is 0.326 e. The molecule has 3 heteroatoms. The van der Waals surface area contributed by atoms with E-state index in [9.17, 15) is 0 Å². The third kappa shape index (κ3) is 4.06. The largest absolute Gasteiger partial charge is 0.426 e. The van der Waals surface area contributed by atoms with Crippen molar-refractivity contribution in [2.75, 3.05) is 13.2 Å². The zero-order valence-corrected chi connectivity index (χ0v) is 26.1. The minimum Gasteiger partial charge on any atom is -0.426 e. The van der Waals surface area contributed by atoms with Gasteiger partial charge >= 0.3 is 5.97 Å². The van der Waals surface area contributed by atoms with Gasteiger partial charge in [-0.2, -0.15) is 0 Å². The van der Waals surface area contributed by atoms with Crippen molar-refractivity contribution in [3.63, 3.8) is 0 Å². The monoisotopic (exact) mass is 610 g/mol. The average Bonchev–Trinajstić information content (AvgIpc) is 3.57. The van der Waals surface area contributed by atoms with Gasteiger partial charge in [-0.05, 0) is 75.0 Å². The maximum Gasteiger partial charge on any atom is 0.326 e. The summed E-state index contributed by atoms with van der Waals surface area (Å²) < 4.78 is 12.5. The first kappa shape index (κ1) is 28.0. The summed E-state index contributed by atoms with van der Waals surface area (Å²) in [6, 6.07) is 54.9. The summed E-state index contributed by atoms with van der Waals surface area (Å²) in [5, 5.41) is 0. The lowest BCUT2D eigenvalue weighted by molar-refractivity contribution is -0.154. The van der Waals surface area contributed by atoms with E-state index >= 15 is 4.79 Å². The van der Waals surface area contributed by atoms with Crippen molar-refractivity contribution in [1.29, 1.82) is 0 Å². The van der Waals surface area contributed by atoms with Gasteiger partial charge < -0.3 is 9.47 Å². The molecule has 6 aromatic rings. The van der Waals surface area contributed by atoms with E-state index in [1.807, 2.05) is 42.5 Å². The summed E-state index contributed by atoms with van der Waals surface area (Å²) in [6.45, 7) is 1.13. The van der Waals surface area contributed by atoms with E-state index in [4.69, 9.17) is 9.47 Å². The third-order valence-corrected chi connectivity index (χ3v) is 10.8. The summed E-state index contributed by atoms with van der Waals surface area (Å²) in [5.74, 6) is 0.311. The summed E-state index contributed by atoms with van der Waals surface area (Å²) in [5.41, 5.74) is 8.88. The number of rotatable bonds is 7. The van der Waals surface area contributed by atoms with E-state index < -0.39 is 10.8 Å². The van der Waals surface area contributed by atoms with E-state index in [-0.39, 0.29) is 11.4 Å². The Morgan fingerprint density at radius 3 is 1.43 bits per heavy atom. The fourth-order valence-electron chi connectivity index (χ4n) is 8.92. The minimum atomic E-state index is -1.01. The van der Waals surface area contributed by atoms with Crippen molar-refractivity contribution in [2.24, 2.45) is 5.41 Å². The fraction of sp³-hybridized carbons (Fsp3) is 0.159. The number of esters is 1. The molecule has 1 fully saturated rings. The highest BCUT2D eigenvalue weighted by molar-refractivity contribution is 5.99. The predicted octanol–water partition coefficient (Wildman–Crippen LogP) is 9.37. The molecule has 0 amide bonds. The lowest BCUT2D eigenvalue weighted by Gasteiger charge is -2.51. The van der Waals surface area contributed by atoms with Crippen LogP contribution in [0.5, 0.6) is 5.75 Å². The topological polar surface area (TPSA) is 35.5 Å². The van der Waals surface area contributed by atoms with Gasteiger partial charge in [-0.25, -0.2) is 0 Å². The van der Waals surface area contributed by atoms with E-state index in [1.165, 1.54) is 27.8 Å². The molecule has 0 atom stereocenters. The van der Waals surface area contributed by atoms with Gasteiger partial charge in [0, 0.05) is 10.8 Å². The molecule has 0 bridgehead atoms. The normalized spacial score (nSPS) is 17.0. The van der Waals surface area contributed by atoms with E-state index in [1.54, 1.807) is 0 Å². The number of hydrogen-bond acceptors (Lipinski definition) is 3. The maximum absolute atomic E-state index is 15.0. The number of para-hydroxylation sites is 1. The van der Waals surface area contributed by atoms with Crippen LogP contribution in [0.3, 0.4) is 0 Å². The molecule has 1 aliphatic heterocycles. The van der Waals surface area contributed by atoms with Crippen molar-refractivity contribution in [2.45, 2.75) is 23.7 Å². The van der Waals surface area contributed by atoms with Crippen LogP contribution in [0.15, 0.2) is 158 Å². The van der Waals surface area contributed by atoms with Crippen LogP contribution in [0.25, 0.3) is 22.3 Å². The molecule has 1 heterocycles. The molecule has 0 spiro atoms. The summed E-state index contributed by atoms with van der Waals surface area (Å²) in [7, 11) is 0. The van der Waals surface area contributed by atoms with Gasteiger partial charge in [-0.15, -0.1) is 0 Å². The van der Waals surface area contributed by atoms with Gasteiger partial charge in [0.25, 0.3) is 0 Å². The molecule has 0 unspecified atom stereocenters. The van der Waals surface area contributed by atoms with Crippen LogP contribution < -0.4 is 4.74 Å². The third-order valence-electron chi connectivity index (χ3n) is 10.8. The molecule has 1 saturated heterocycles. The first-order valence-electron chi connectivity index (χ1n) is 16.4. The molecule has 0 radical (unpaired) electrons. The molecule has 3 aliphatic rings. The quantitative estimate of drug-likeness (QED) is 0.133. The molecule has 228 valence electrons. The van der Waals surface area contributed by atoms with Crippen LogP contribution in [0.2, 0.25) is 0 Å². The molecule has 3 nitrogen and oxygen atoms in total. The number of ether oxygens (including phenoxy) is 2. The van der Waals surface area contributed by atoms with Crippen molar-refractivity contribution in [3.05, 3.63) is 186 Å². The zero-order valence-electron chi connectivity index (χ0n) is 26.1. The summed E-state index contributed by atoms with van der Waals surface area (Å²) >= 11 is 0. The molecular weight excluding hydrogens is 576 g/mol. The second-order valence-electron chi connectivity index (χ2n) is 13.4. The van der Waals surface area contributed by atoms with Crippen molar-refractivity contribution in [1.82, 2.24) is 0 Å². The molecule has 9 rings (SSSR count). The van der Waals surface area contributed by atoms with Crippen LogP contribution in [-0.2, 0) is 20.4 Å². The van der Waals surface area contributed by atoms with Crippen LogP contribution >= 0.6 is 0 Å². The Morgan fingerprint density at radius 1 is 0.511 bits per heavy atom. The number of carbonyl (C=O) groups is 1. The van der Waals surface area contributed by atoms with Gasteiger partial charge in [0.05, 0.1) is 13.2 Å². The summed E-state index contributed by atoms with van der Waals surface area (Å²) in [6.07, 6.45) is 1.36. The Kier molecular flexibility index (Phi) is 6.35. The van der Waals surface area contributed by atoms with Crippen LogP contribution in [0.4, 0.5) is 0 Å². The number of fused-ring (bicyclic) bond motifs is 6. The van der Waals surface area contributed by atoms with Crippen molar-refractivity contribution in [3.8, 4) is 28.0 Å². The number of hydrogen-bond donors (Lipinski definition) is 0. The van der Waals surface area contributed by atoms with E-state index in [2.05, 4.69) is 115 Å². The standard InChI is InChI=1S/C44H34O3/c45-41(47-32-17-5-2-6-18-32)44(39-25-13-9-21-35(39)36-22-10-14-26-40(36)44)28-42(29-46-30-42)27-43(31-15-3-1-4-16-31)37-23-11-7-19-33(37)34-20-8-12-24-38(34)43/h1-26H,27-30H2. The first-order chi connectivity index (χ1) is 23.1. The second kappa shape index (κ2) is 10.7. The summed E-state index contributed by atoms with van der Waals surface area (Å²) in [4.78, 5) is 15.0. The molecule has 47 heavy (non-hydrogen) atoms. The Labute approximate surface area is 275 Å². The number of benzene rings is 6. The minimum absolute atomic E-state index is 0.242. The van der Waals surface area contributed by atoms with Crippen LogP contribution in [-0.4, -0.2) is 19.2 Å². The highest BCUT2D eigenvalue weighted by Crippen LogP contribution is 2.62. The highest BCUT2D eigenvalue weighted by Gasteiger charge is 2.60. The molecule has 0 aromatic heterocycles. The van der Waals surface area contributed by atoms with E-state index in [0.717, 1.165) is 28.7 Å². The maximum atomic E-state index is 15.0. The lowest BCUT2D eigenvalue weighted by Crippen LogP contribution is -2.54. The average molecular weight is 611 g/mol. The van der Waals surface area contributed by atoms with Gasteiger partial charge in [0.15, 0.2) is 0 Å². The SMILES string of the molecule is O=C(Oc1ccccc1)C1(CC2(CC3(c4ccccc4)c4ccccc4-c4ccccc43)COC2)c2ccccc2-c2ccccc21. The van der Waals surface area contributed by atoms with Crippen molar-refractivity contribution < 1.29 is 14.3 Å². The van der Waals surface area contributed by atoms with Gasteiger partial charge in [0.1, 0.15) is 11.2 Å². The molecule has 2 aliphatic carbocycles. The van der Waals surface area contributed by atoms with Gasteiger partial charge in [0.2, 0.25) is 0 Å². The van der Waals surface area contributed by atoms with Gasteiger partial charge in [-0.3, -0.25) is 4.79 Å². The van der Waals surface area contributed by atoms with Gasteiger partial charge in [-0.1, -0.05) is 146 Å². The highest BCUT2D eigenvalue weighted by atomic mass is 16.5. The Balaban J connectivity index is 1.25. The molecule has 0 N–H and O–H groups in total. The van der Waals surface area contributed by atoms with Crippen LogP contribution in [0, 0.1) is 5.41 Å². The Bertz CT molecular complexity index is 2040. The zero-order chi connectivity index (χ0) is 31.5. The lowest BCUT2D eigenvalue weighted by atomic mass is 9.57. The molecule has 0 saturated carbocycles. The van der Waals surface area contributed by atoms with Crippen LogP contribution in [0.1, 0.15) is 40.7 Å². The Hall–Kier alpha value is -5.25. The Morgan fingerprint density at radius 2 is 0.936 bits per heavy atom. The van der Waals surface area contributed by atoms with E-state index in [0.29, 0.717) is 25.4 Å². The van der Waals surface area contributed by atoms with Crippen molar-refractivity contribution >= 4 is 5.97 Å².